The molecule has 0 spiro atoms. The van der Waals surface area contributed by atoms with Gasteiger partial charge in [-0.3, -0.25) is 0 Å². The number of aromatic nitrogens is 3. The molecule has 6 nitrogen and oxygen atoms in total. The molecule has 0 amide bonds. The summed E-state index contributed by atoms with van der Waals surface area (Å²) in [6, 6.07) is 0. The molecule has 1 aromatic heterocycles. The number of hydrogen-bond donors (Lipinski definition) is 0. The molecule has 1 aromatic rings. The second-order valence-corrected chi connectivity index (χ2v) is 9.01. The van der Waals surface area contributed by atoms with Crippen molar-refractivity contribution in [1.29, 1.82) is 0 Å². The lowest BCUT2D eigenvalue weighted by atomic mass is 9.93. The minimum absolute atomic E-state index is 0. The van der Waals surface area contributed by atoms with Crippen molar-refractivity contribution in [2.45, 2.75) is 66.5 Å². The lowest BCUT2D eigenvalue weighted by Crippen LogP contribution is -2.46. The molecule has 0 N–H and O–H groups in total. The average Bonchev–Trinajstić information content (AvgIpc) is 2.60. The van der Waals surface area contributed by atoms with Crippen molar-refractivity contribution in [3.05, 3.63) is 11.9 Å². The van der Waals surface area contributed by atoms with Crippen LogP contribution in [0.4, 0.5) is 0 Å². The van der Waals surface area contributed by atoms with Gasteiger partial charge >= 0.3 is 0 Å². The molecule has 124 valence electrons. The van der Waals surface area contributed by atoms with Crippen LogP contribution >= 0.6 is 0 Å². The Bertz CT molecular complexity index is 550. The molecule has 0 radical (unpaired) electrons. The summed E-state index contributed by atoms with van der Waals surface area (Å²) in [6.45, 7) is 12.8. The predicted molar refractivity (Wildman–Crippen MR) is 86.8 cm³/mol. The van der Waals surface area contributed by atoms with Crippen LogP contribution in [0.3, 0.4) is 0 Å². The molecule has 0 saturated carbocycles. The fourth-order valence-electron chi connectivity index (χ4n) is 2.19. The van der Waals surface area contributed by atoms with Crippen LogP contribution in [0.1, 0.15) is 54.7 Å². The van der Waals surface area contributed by atoms with E-state index in [0.29, 0.717) is 13.1 Å². The molecule has 0 bridgehead atoms. The van der Waals surface area contributed by atoms with Gasteiger partial charge in [-0.05, 0) is 20.8 Å². The van der Waals surface area contributed by atoms with Crippen molar-refractivity contribution in [3.8, 4) is 0 Å². The highest BCUT2D eigenvalue weighted by Crippen LogP contribution is 2.22. The Morgan fingerprint density at radius 3 is 2.10 bits per heavy atom. The SMILES string of the molecule is C.CC(C)(C)c1cnnn1CCN(C(C)(C)C)S(C)(=O)=O. The molecular weight excluding hydrogens is 288 g/mol. The van der Waals surface area contributed by atoms with Crippen molar-refractivity contribution in [3.63, 3.8) is 0 Å². The fraction of sp³-hybridized carbons (Fsp3) is 0.857. The zero-order valence-corrected chi connectivity index (χ0v) is 14.3. The smallest absolute Gasteiger partial charge is 0.211 e. The first-order valence-electron chi connectivity index (χ1n) is 6.70. The monoisotopic (exact) mass is 318 g/mol. The Labute approximate surface area is 129 Å². The molecular formula is C14H30N4O2S. The maximum absolute atomic E-state index is 11.9. The van der Waals surface area contributed by atoms with E-state index in [-0.39, 0.29) is 12.8 Å². The standard InChI is InChI=1S/C13H26N4O2S.CH4/c1-12(2,3)11-10-14-15-16(11)8-9-17(13(4,5)6)20(7,18)19;/h10H,8-9H2,1-7H3;1H4. The Kier molecular flexibility index (Phi) is 6.15. The van der Waals surface area contributed by atoms with Gasteiger partial charge in [0.05, 0.1) is 24.7 Å². The minimum atomic E-state index is -3.25. The Hall–Kier alpha value is -0.950. The van der Waals surface area contributed by atoms with Crippen molar-refractivity contribution >= 4 is 10.0 Å². The Balaban J connectivity index is 0.00000400. The van der Waals surface area contributed by atoms with E-state index in [2.05, 4.69) is 31.1 Å². The van der Waals surface area contributed by atoms with E-state index in [1.54, 1.807) is 10.9 Å². The van der Waals surface area contributed by atoms with Crippen molar-refractivity contribution in [1.82, 2.24) is 19.3 Å². The summed E-state index contributed by atoms with van der Waals surface area (Å²) in [4.78, 5) is 0. The van der Waals surface area contributed by atoms with Gasteiger partial charge in [-0.2, -0.15) is 4.31 Å². The molecule has 21 heavy (non-hydrogen) atoms. The predicted octanol–water partition coefficient (Wildman–Crippen LogP) is 2.27. The van der Waals surface area contributed by atoms with Gasteiger partial charge in [0.2, 0.25) is 10.0 Å². The van der Waals surface area contributed by atoms with E-state index in [1.165, 1.54) is 10.6 Å². The van der Waals surface area contributed by atoms with Gasteiger partial charge in [-0.15, -0.1) is 5.10 Å². The molecule has 0 saturated heterocycles. The number of rotatable bonds is 4. The van der Waals surface area contributed by atoms with Gasteiger partial charge in [-0.25, -0.2) is 13.1 Å². The molecule has 7 heteroatoms. The largest absolute Gasteiger partial charge is 0.248 e. The summed E-state index contributed by atoms with van der Waals surface area (Å²) >= 11 is 0. The van der Waals surface area contributed by atoms with Crippen LogP contribution < -0.4 is 0 Å². The first-order chi connectivity index (χ1) is 8.83. The van der Waals surface area contributed by atoms with Crippen LogP contribution in [0.25, 0.3) is 0 Å². The summed E-state index contributed by atoms with van der Waals surface area (Å²) in [5.74, 6) is 0. The van der Waals surface area contributed by atoms with Crippen LogP contribution in [0.15, 0.2) is 6.20 Å². The summed E-state index contributed by atoms with van der Waals surface area (Å²) in [7, 11) is -3.25. The second kappa shape index (κ2) is 6.44. The van der Waals surface area contributed by atoms with Crippen molar-refractivity contribution < 1.29 is 8.42 Å². The van der Waals surface area contributed by atoms with Crippen LogP contribution in [0, 0.1) is 0 Å². The second-order valence-electron chi connectivity index (χ2n) is 7.10. The maximum atomic E-state index is 11.9. The van der Waals surface area contributed by atoms with Crippen LogP contribution in [0.5, 0.6) is 0 Å². The van der Waals surface area contributed by atoms with Gasteiger partial charge < -0.3 is 0 Å². The first-order valence-corrected chi connectivity index (χ1v) is 8.55. The van der Waals surface area contributed by atoms with Gasteiger partial charge in [0, 0.05) is 17.5 Å². The highest BCUT2D eigenvalue weighted by molar-refractivity contribution is 7.88. The topological polar surface area (TPSA) is 68.1 Å². The van der Waals surface area contributed by atoms with Crippen LogP contribution in [0.2, 0.25) is 0 Å². The van der Waals surface area contributed by atoms with E-state index < -0.39 is 15.6 Å². The molecule has 0 aliphatic heterocycles. The maximum Gasteiger partial charge on any atom is 0.211 e. The third-order valence-corrected chi connectivity index (χ3v) is 4.58. The van der Waals surface area contributed by atoms with Gasteiger partial charge in [-0.1, -0.05) is 33.4 Å². The van der Waals surface area contributed by atoms with E-state index in [9.17, 15) is 8.42 Å². The lowest BCUT2D eigenvalue weighted by Gasteiger charge is -2.33. The number of sulfonamides is 1. The van der Waals surface area contributed by atoms with E-state index in [0.717, 1.165) is 5.69 Å². The molecule has 0 atom stereocenters. The summed E-state index contributed by atoms with van der Waals surface area (Å²) in [6.07, 6.45) is 2.98. The highest BCUT2D eigenvalue weighted by Gasteiger charge is 2.30. The van der Waals surface area contributed by atoms with Crippen LogP contribution in [-0.2, 0) is 22.0 Å². The van der Waals surface area contributed by atoms with Gasteiger partial charge in [0.1, 0.15) is 0 Å². The normalized spacial score (nSPS) is 13.3. The third kappa shape index (κ3) is 5.39. The minimum Gasteiger partial charge on any atom is -0.248 e. The van der Waals surface area contributed by atoms with E-state index in [4.69, 9.17) is 0 Å². The number of nitrogens with zero attached hydrogens (tertiary/aromatic N) is 4. The molecule has 0 fully saturated rings. The van der Waals surface area contributed by atoms with Crippen LogP contribution in [-0.4, -0.2) is 46.1 Å². The molecule has 1 heterocycles. The molecule has 0 unspecified atom stereocenters. The first kappa shape index (κ1) is 20.1. The Morgan fingerprint density at radius 1 is 1.19 bits per heavy atom. The summed E-state index contributed by atoms with van der Waals surface area (Å²) in [5.41, 5.74) is 0.483. The van der Waals surface area contributed by atoms with E-state index >= 15 is 0 Å². The summed E-state index contributed by atoms with van der Waals surface area (Å²) < 4.78 is 27.1. The fourth-order valence-corrected chi connectivity index (χ4v) is 3.60. The molecule has 0 aliphatic rings. The highest BCUT2D eigenvalue weighted by atomic mass is 32.2. The molecule has 0 aliphatic carbocycles. The molecule has 0 aromatic carbocycles. The Morgan fingerprint density at radius 2 is 1.71 bits per heavy atom. The molecule has 1 rings (SSSR count). The third-order valence-electron chi connectivity index (χ3n) is 3.05. The quantitative estimate of drug-likeness (QED) is 0.854. The van der Waals surface area contributed by atoms with Crippen molar-refractivity contribution in [2.75, 3.05) is 12.8 Å². The average molecular weight is 318 g/mol. The van der Waals surface area contributed by atoms with Crippen molar-refractivity contribution in [2.24, 2.45) is 0 Å². The lowest BCUT2D eigenvalue weighted by molar-refractivity contribution is 0.237. The zero-order valence-electron chi connectivity index (χ0n) is 13.5. The van der Waals surface area contributed by atoms with Gasteiger partial charge in [0.15, 0.2) is 0 Å². The van der Waals surface area contributed by atoms with Gasteiger partial charge in [0.25, 0.3) is 0 Å². The number of hydrogen-bond acceptors (Lipinski definition) is 4. The van der Waals surface area contributed by atoms with E-state index in [1.807, 2.05) is 20.8 Å². The zero-order chi connectivity index (χ0) is 15.8. The summed E-state index contributed by atoms with van der Waals surface area (Å²) in [5, 5.41) is 8.00.